The van der Waals surface area contributed by atoms with Gasteiger partial charge in [-0.25, -0.2) is 5.43 Å². The molecule has 0 saturated carbocycles. The van der Waals surface area contributed by atoms with E-state index in [4.69, 9.17) is 15.2 Å². The average molecular weight is 385 g/mol. The number of hydrazone groups is 1. The first-order valence-corrected chi connectivity index (χ1v) is 9.40. The maximum atomic E-state index is 13.0. The van der Waals surface area contributed by atoms with Gasteiger partial charge in [0.25, 0.3) is 0 Å². The quantitative estimate of drug-likeness (QED) is 0.678. The smallest absolute Gasteiger partial charge is 0.247 e. The Bertz CT molecular complexity index is 1110. The highest BCUT2D eigenvalue weighted by atomic mass is 16.7. The van der Waals surface area contributed by atoms with Crippen molar-refractivity contribution in [3.8, 4) is 11.5 Å². The van der Waals surface area contributed by atoms with Crippen LogP contribution < -0.4 is 20.6 Å². The highest BCUT2D eigenvalue weighted by molar-refractivity contribution is 6.16. The van der Waals surface area contributed by atoms with Crippen LogP contribution in [0.25, 0.3) is 0 Å². The number of carbonyl (C=O) groups is 1. The van der Waals surface area contributed by atoms with Crippen molar-refractivity contribution in [1.82, 2.24) is 5.43 Å². The summed E-state index contributed by atoms with van der Waals surface area (Å²) < 4.78 is 11.2. The number of nitrogens with one attached hydrogen (secondary N) is 1. The summed E-state index contributed by atoms with van der Waals surface area (Å²) in [7, 11) is 0. The van der Waals surface area contributed by atoms with Crippen LogP contribution in [0.1, 0.15) is 28.2 Å². The fourth-order valence-corrected chi connectivity index (χ4v) is 3.75. The Morgan fingerprint density at radius 1 is 1.00 bits per heavy atom. The zero-order valence-corrected chi connectivity index (χ0v) is 15.6. The molecule has 0 aliphatic carbocycles. The summed E-state index contributed by atoms with van der Waals surface area (Å²) in [5, 5.41) is 4.44. The van der Waals surface area contributed by atoms with Crippen molar-refractivity contribution in [2.24, 2.45) is 5.10 Å². The fraction of sp³-hybridized carbons (Fsp3) is 0.130. The van der Waals surface area contributed by atoms with Gasteiger partial charge in [0.15, 0.2) is 11.5 Å². The average Bonchev–Trinajstić information content (AvgIpc) is 3.16. The van der Waals surface area contributed by atoms with Gasteiger partial charge in [-0.15, -0.1) is 0 Å². The molecule has 0 spiro atoms. The Labute approximate surface area is 168 Å². The Morgan fingerprint density at radius 2 is 1.72 bits per heavy atom. The summed E-state index contributed by atoms with van der Waals surface area (Å²) in [4.78, 5) is 13.0. The number of ether oxygens (including phenoxy) is 2. The number of benzene rings is 3. The van der Waals surface area contributed by atoms with Gasteiger partial charge in [-0.05, 0) is 41.8 Å². The molecule has 1 unspecified atom stereocenters. The minimum atomic E-state index is -0.406. The molecule has 2 heterocycles. The second-order valence-electron chi connectivity index (χ2n) is 7.09. The number of carbonyl (C=O) groups excluding carboxylic acids is 1. The second kappa shape index (κ2) is 6.98. The Kier molecular flexibility index (Phi) is 4.17. The van der Waals surface area contributed by atoms with Crippen LogP contribution in [0.15, 0.2) is 71.8 Å². The van der Waals surface area contributed by atoms with Crippen molar-refractivity contribution in [1.29, 1.82) is 0 Å². The predicted octanol–water partition coefficient (Wildman–Crippen LogP) is 3.21. The third kappa shape index (κ3) is 3.18. The van der Waals surface area contributed by atoms with Crippen LogP contribution in [-0.2, 0) is 11.2 Å². The number of nitrogens with two attached hydrogens (primary N) is 1. The molecule has 2 aliphatic rings. The zero-order valence-electron chi connectivity index (χ0n) is 15.6. The number of fused-ring (bicyclic) bond motifs is 2. The SMILES string of the molecule is Nc1ccc(C2=NNC(=O)C(Cc3ccccc3)c3cc4c(cc32)OCO4)cc1. The molecular weight excluding hydrogens is 366 g/mol. The van der Waals surface area contributed by atoms with Gasteiger partial charge >= 0.3 is 0 Å². The molecule has 0 saturated heterocycles. The summed E-state index contributed by atoms with van der Waals surface area (Å²) in [5.41, 5.74) is 13.6. The molecule has 6 heteroatoms. The molecule has 144 valence electrons. The van der Waals surface area contributed by atoms with Crippen LogP contribution in [0.2, 0.25) is 0 Å². The van der Waals surface area contributed by atoms with E-state index < -0.39 is 5.92 Å². The molecule has 0 fully saturated rings. The first-order chi connectivity index (χ1) is 14.2. The number of hydrogen-bond donors (Lipinski definition) is 2. The van der Waals surface area contributed by atoms with E-state index in [1.807, 2.05) is 66.7 Å². The molecule has 1 amide bonds. The lowest BCUT2D eigenvalue weighted by atomic mass is 9.85. The Balaban J connectivity index is 1.65. The summed E-state index contributed by atoms with van der Waals surface area (Å²) in [5.74, 6) is 0.740. The van der Waals surface area contributed by atoms with Crippen molar-refractivity contribution in [3.63, 3.8) is 0 Å². The topological polar surface area (TPSA) is 85.9 Å². The van der Waals surface area contributed by atoms with Gasteiger partial charge in [0.1, 0.15) is 0 Å². The molecule has 5 rings (SSSR count). The van der Waals surface area contributed by atoms with Crippen molar-refractivity contribution < 1.29 is 14.3 Å². The maximum absolute atomic E-state index is 13.0. The molecule has 3 aromatic carbocycles. The molecule has 0 bridgehead atoms. The lowest BCUT2D eigenvalue weighted by Crippen LogP contribution is -2.25. The molecule has 3 N–H and O–H groups in total. The van der Waals surface area contributed by atoms with E-state index in [0.717, 1.165) is 22.3 Å². The van der Waals surface area contributed by atoms with Gasteiger partial charge < -0.3 is 15.2 Å². The van der Waals surface area contributed by atoms with Crippen LogP contribution in [-0.4, -0.2) is 18.4 Å². The largest absolute Gasteiger partial charge is 0.454 e. The van der Waals surface area contributed by atoms with Gasteiger partial charge in [-0.3, -0.25) is 4.79 Å². The second-order valence-corrected chi connectivity index (χ2v) is 7.09. The highest BCUT2D eigenvalue weighted by Gasteiger charge is 2.31. The van der Waals surface area contributed by atoms with E-state index in [1.54, 1.807) is 0 Å². The number of hydrogen-bond acceptors (Lipinski definition) is 5. The molecule has 0 aromatic heterocycles. The van der Waals surface area contributed by atoms with E-state index in [1.165, 1.54) is 0 Å². The summed E-state index contributed by atoms with van der Waals surface area (Å²) >= 11 is 0. The number of rotatable bonds is 3. The summed E-state index contributed by atoms with van der Waals surface area (Å²) in [6.45, 7) is 0.169. The molecule has 0 radical (unpaired) electrons. The number of nitrogens with zero attached hydrogens (tertiary/aromatic N) is 1. The molecule has 29 heavy (non-hydrogen) atoms. The molecular formula is C23H19N3O3. The first kappa shape index (κ1) is 17.3. The molecule has 2 aliphatic heterocycles. The van der Waals surface area contributed by atoms with Gasteiger partial charge in [0.05, 0.1) is 11.6 Å². The van der Waals surface area contributed by atoms with Crippen molar-refractivity contribution in [3.05, 3.63) is 89.0 Å². The van der Waals surface area contributed by atoms with Crippen LogP contribution >= 0.6 is 0 Å². The van der Waals surface area contributed by atoms with Crippen LogP contribution in [0.5, 0.6) is 11.5 Å². The lowest BCUT2D eigenvalue weighted by Gasteiger charge is -2.17. The molecule has 1 atom stereocenters. The Morgan fingerprint density at radius 3 is 2.48 bits per heavy atom. The highest BCUT2D eigenvalue weighted by Crippen LogP contribution is 2.40. The van der Waals surface area contributed by atoms with E-state index in [9.17, 15) is 4.79 Å². The zero-order chi connectivity index (χ0) is 19.8. The standard InChI is InChI=1S/C23H19N3O3/c24-16-8-6-15(7-9-16)22-18-12-21-20(28-13-29-21)11-17(18)19(23(27)26-25-22)10-14-4-2-1-3-5-14/h1-9,11-12,19H,10,13,24H2,(H,26,27). The fourth-order valence-electron chi connectivity index (χ4n) is 3.75. The molecule has 3 aromatic rings. The van der Waals surface area contributed by atoms with E-state index in [-0.39, 0.29) is 12.7 Å². The molecule has 6 nitrogen and oxygen atoms in total. The number of nitrogen functional groups attached to an aromatic ring is 1. The first-order valence-electron chi connectivity index (χ1n) is 9.40. The van der Waals surface area contributed by atoms with Gasteiger partial charge in [-0.2, -0.15) is 5.10 Å². The number of amides is 1. The normalized spacial score (nSPS) is 17.2. The lowest BCUT2D eigenvalue weighted by molar-refractivity contribution is -0.122. The third-order valence-corrected chi connectivity index (χ3v) is 5.24. The van der Waals surface area contributed by atoms with Gasteiger partial charge in [0, 0.05) is 16.8 Å². The van der Waals surface area contributed by atoms with Gasteiger partial charge in [0.2, 0.25) is 12.7 Å². The predicted molar refractivity (Wildman–Crippen MR) is 110 cm³/mol. The summed E-state index contributed by atoms with van der Waals surface area (Å²) in [6.07, 6.45) is 0.559. The van der Waals surface area contributed by atoms with Crippen molar-refractivity contribution in [2.75, 3.05) is 12.5 Å². The van der Waals surface area contributed by atoms with Crippen molar-refractivity contribution >= 4 is 17.3 Å². The van der Waals surface area contributed by atoms with Crippen LogP contribution in [0.4, 0.5) is 5.69 Å². The van der Waals surface area contributed by atoms with Crippen LogP contribution in [0, 0.1) is 0 Å². The third-order valence-electron chi connectivity index (χ3n) is 5.24. The van der Waals surface area contributed by atoms with Gasteiger partial charge in [-0.1, -0.05) is 42.5 Å². The minimum Gasteiger partial charge on any atom is -0.454 e. The number of anilines is 1. The van der Waals surface area contributed by atoms with E-state index in [0.29, 0.717) is 29.3 Å². The van der Waals surface area contributed by atoms with Crippen LogP contribution in [0.3, 0.4) is 0 Å². The van der Waals surface area contributed by atoms with Crippen molar-refractivity contribution in [2.45, 2.75) is 12.3 Å². The minimum absolute atomic E-state index is 0.153. The summed E-state index contributed by atoms with van der Waals surface area (Å²) in [6, 6.07) is 21.2. The Hall–Kier alpha value is -3.80. The maximum Gasteiger partial charge on any atom is 0.247 e. The van der Waals surface area contributed by atoms with E-state index in [2.05, 4.69) is 10.5 Å². The monoisotopic (exact) mass is 385 g/mol. The van der Waals surface area contributed by atoms with E-state index >= 15 is 0 Å².